The first-order valence-electron chi connectivity index (χ1n) is 13.1. The van der Waals surface area contributed by atoms with Crippen LogP contribution in [0, 0.1) is 6.92 Å². The summed E-state index contributed by atoms with van der Waals surface area (Å²) in [6.45, 7) is 4.64. The number of amides is 3. The lowest BCUT2D eigenvalue weighted by atomic mass is 10.0. The van der Waals surface area contributed by atoms with Crippen LogP contribution < -0.4 is 16.0 Å². The van der Waals surface area contributed by atoms with E-state index in [1.54, 1.807) is 36.4 Å². The van der Waals surface area contributed by atoms with Gasteiger partial charge in [-0.2, -0.15) is 0 Å². The molecule has 1 unspecified atom stereocenters. The van der Waals surface area contributed by atoms with Crippen LogP contribution in [0.3, 0.4) is 0 Å². The van der Waals surface area contributed by atoms with Crippen LogP contribution in [0.25, 0.3) is 10.9 Å². The Morgan fingerprint density at radius 2 is 1.59 bits per heavy atom. The minimum atomic E-state index is -0.260. The van der Waals surface area contributed by atoms with Gasteiger partial charge < -0.3 is 16.0 Å². The third kappa shape index (κ3) is 6.48. The maximum Gasteiger partial charge on any atom is 0.319 e. The average molecular weight is 522 g/mol. The van der Waals surface area contributed by atoms with Crippen LogP contribution in [0.1, 0.15) is 38.4 Å². The van der Waals surface area contributed by atoms with Crippen molar-refractivity contribution >= 4 is 34.3 Å². The summed E-state index contributed by atoms with van der Waals surface area (Å²) < 4.78 is 0. The number of fused-ring (bicyclic) bond motifs is 1. The molecule has 39 heavy (non-hydrogen) atoms. The monoisotopic (exact) mass is 521 g/mol. The quantitative estimate of drug-likeness (QED) is 0.298. The number of pyridine rings is 1. The zero-order valence-corrected chi connectivity index (χ0v) is 21.8. The van der Waals surface area contributed by atoms with E-state index in [0.29, 0.717) is 36.3 Å². The Bertz CT molecular complexity index is 1490. The highest BCUT2D eigenvalue weighted by Crippen LogP contribution is 2.22. The van der Waals surface area contributed by atoms with Crippen LogP contribution in [-0.4, -0.2) is 59.8 Å². The topological polar surface area (TPSA) is 103 Å². The number of hydrogen-bond acceptors (Lipinski definition) is 5. The molecule has 1 aromatic heterocycles. The molecule has 3 amide bonds. The van der Waals surface area contributed by atoms with Gasteiger partial charge in [-0.25, -0.2) is 4.79 Å². The SMILES string of the molecule is Cc1cc(NC(=O)NCCN2CCC(NC(=O)c3ccc(C(=O)c4ccccc4)cc3)C2)c2ccccc2n1. The fourth-order valence-corrected chi connectivity index (χ4v) is 4.86. The molecule has 5 rings (SSSR count). The molecule has 1 aliphatic heterocycles. The minimum Gasteiger partial charge on any atom is -0.348 e. The van der Waals surface area contributed by atoms with Crippen molar-refractivity contribution in [3.63, 3.8) is 0 Å². The van der Waals surface area contributed by atoms with Gasteiger partial charge in [0.25, 0.3) is 5.91 Å². The summed E-state index contributed by atoms with van der Waals surface area (Å²) in [5.41, 5.74) is 4.11. The van der Waals surface area contributed by atoms with Gasteiger partial charge in [-0.3, -0.25) is 19.5 Å². The maximum atomic E-state index is 12.8. The van der Waals surface area contributed by atoms with E-state index in [4.69, 9.17) is 0 Å². The molecular weight excluding hydrogens is 490 g/mol. The highest BCUT2D eigenvalue weighted by molar-refractivity contribution is 6.09. The molecule has 0 spiro atoms. The number of hydrogen-bond donors (Lipinski definition) is 3. The second-order valence-corrected chi connectivity index (χ2v) is 9.74. The zero-order valence-electron chi connectivity index (χ0n) is 21.8. The first-order chi connectivity index (χ1) is 19.0. The van der Waals surface area contributed by atoms with Crippen molar-refractivity contribution in [1.29, 1.82) is 0 Å². The average Bonchev–Trinajstić information content (AvgIpc) is 3.40. The number of para-hydroxylation sites is 1. The number of carbonyl (C=O) groups excluding carboxylic acids is 3. The number of likely N-dealkylation sites (tertiary alicyclic amines) is 1. The normalized spacial score (nSPS) is 15.2. The van der Waals surface area contributed by atoms with Crippen molar-refractivity contribution in [3.8, 4) is 0 Å². The molecule has 1 fully saturated rings. The van der Waals surface area contributed by atoms with E-state index >= 15 is 0 Å². The molecule has 1 saturated heterocycles. The molecule has 8 heteroatoms. The highest BCUT2D eigenvalue weighted by atomic mass is 16.2. The zero-order chi connectivity index (χ0) is 27.2. The largest absolute Gasteiger partial charge is 0.348 e. The fraction of sp³-hybridized carbons (Fsp3) is 0.226. The van der Waals surface area contributed by atoms with Crippen LogP contribution in [0.2, 0.25) is 0 Å². The van der Waals surface area contributed by atoms with Crippen molar-refractivity contribution in [2.24, 2.45) is 0 Å². The summed E-state index contributed by atoms with van der Waals surface area (Å²) in [6, 6.07) is 25.2. The second kappa shape index (κ2) is 11.9. The molecule has 0 bridgehead atoms. The molecule has 0 aliphatic carbocycles. The Balaban J connectivity index is 1.06. The van der Waals surface area contributed by atoms with Crippen LogP contribution >= 0.6 is 0 Å². The highest BCUT2D eigenvalue weighted by Gasteiger charge is 2.24. The molecule has 0 saturated carbocycles. The van der Waals surface area contributed by atoms with E-state index < -0.39 is 0 Å². The van der Waals surface area contributed by atoms with E-state index in [9.17, 15) is 14.4 Å². The molecule has 3 N–H and O–H groups in total. The number of nitrogens with zero attached hydrogens (tertiary/aromatic N) is 2. The molecule has 198 valence electrons. The van der Waals surface area contributed by atoms with Crippen LogP contribution in [0.5, 0.6) is 0 Å². The minimum absolute atomic E-state index is 0.0307. The first kappa shape index (κ1) is 26.1. The number of benzene rings is 3. The number of anilines is 1. The van der Waals surface area contributed by atoms with Gasteiger partial charge in [0.05, 0.1) is 11.2 Å². The Labute approximate surface area is 227 Å². The smallest absolute Gasteiger partial charge is 0.319 e. The third-order valence-corrected chi connectivity index (χ3v) is 6.86. The van der Waals surface area contributed by atoms with Crippen LogP contribution in [0.15, 0.2) is 84.9 Å². The van der Waals surface area contributed by atoms with E-state index in [1.165, 1.54) is 0 Å². The van der Waals surface area contributed by atoms with Crippen molar-refractivity contribution in [1.82, 2.24) is 20.5 Å². The van der Waals surface area contributed by atoms with Gasteiger partial charge in [0.15, 0.2) is 5.78 Å². The predicted molar refractivity (Wildman–Crippen MR) is 152 cm³/mol. The van der Waals surface area contributed by atoms with Gasteiger partial charge in [-0.15, -0.1) is 0 Å². The summed E-state index contributed by atoms with van der Waals surface area (Å²) in [6.07, 6.45) is 0.838. The van der Waals surface area contributed by atoms with Gasteiger partial charge in [0, 0.05) is 60.0 Å². The number of aryl methyl sites for hydroxylation is 1. The number of rotatable bonds is 8. The van der Waals surface area contributed by atoms with Gasteiger partial charge >= 0.3 is 6.03 Å². The first-order valence-corrected chi connectivity index (χ1v) is 13.1. The van der Waals surface area contributed by atoms with Gasteiger partial charge in [-0.1, -0.05) is 60.7 Å². The lowest BCUT2D eigenvalue weighted by Gasteiger charge is -2.17. The molecule has 1 atom stereocenters. The number of aromatic nitrogens is 1. The Morgan fingerprint density at radius 3 is 2.38 bits per heavy atom. The van der Waals surface area contributed by atoms with E-state index in [1.807, 2.05) is 55.5 Å². The predicted octanol–water partition coefficient (Wildman–Crippen LogP) is 4.40. The van der Waals surface area contributed by atoms with E-state index in [2.05, 4.69) is 25.8 Å². The van der Waals surface area contributed by atoms with Gasteiger partial charge in [0.2, 0.25) is 0 Å². The third-order valence-electron chi connectivity index (χ3n) is 6.86. The second-order valence-electron chi connectivity index (χ2n) is 9.74. The van der Waals surface area contributed by atoms with Gasteiger partial charge in [0.1, 0.15) is 0 Å². The number of urea groups is 1. The Kier molecular flexibility index (Phi) is 7.94. The molecule has 1 aliphatic rings. The van der Waals surface area contributed by atoms with Crippen LogP contribution in [0.4, 0.5) is 10.5 Å². The van der Waals surface area contributed by atoms with Gasteiger partial charge in [-0.05, 0) is 37.6 Å². The number of nitrogens with one attached hydrogen (secondary N) is 3. The summed E-state index contributed by atoms with van der Waals surface area (Å²) in [7, 11) is 0. The Morgan fingerprint density at radius 1 is 0.897 bits per heavy atom. The summed E-state index contributed by atoms with van der Waals surface area (Å²) >= 11 is 0. The summed E-state index contributed by atoms with van der Waals surface area (Å²) in [5, 5.41) is 9.85. The summed E-state index contributed by atoms with van der Waals surface area (Å²) in [5.74, 6) is -0.224. The van der Waals surface area contributed by atoms with E-state index in [-0.39, 0.29) is 23.8 Å². The molecule has 3 aromatic carbocycles. The van der Waals surface area contributed by atoms with Crippen molar-refractivity contribution in [2.75, 3.05) is 31.5 Å². The number of ketones is 1. The molecule has 4 aromatic rings. The van der Waals surface area contributed by atoms with Crippen molar-refractivity contribution in [3.05, 3.63) is 107 Å². The molecule has 0 radical (unpaired) electrons. The lowest BCUT2D eigenvalue weighted by Crippen LogP contribution is -2.39. The summed E-state index contributed by atoms with van der Waals surface area (Å²) in [4.78, 5) is 44.6. The number of carbonyl (C=O) groups is 3. The fourth-order valence-electron chi connectivity index (χ4n) is 4.86. The molecule has 2 heterocycles. The molecular formula is C31H31N5O3. The van der Waals surface area contributed by atoms with E-state index in [0.717, 1.165) is 35.2 Å². The van der Waals surface area contributed by atoms with Crippen molar-refractivity contribution in [2.45, 2.75) is 19.4 Å². The standard InChI is InChI=1S/C31H31N5O3/c1-21-19-28(26-9-5-6-10-27(26)33-21)35-31(39)32-16-18-36-17-15-25(20-36)34-30(38)24-13-11-23(12-14-24)29(37)22-7-3-2-4-8-22/h2-14,19,25H,15-18,20H2,1H3,(H,34,38)(H2,32,33,35,39). The van der Waals surface area contributed by atoms with Crippen molar-refractivity contribution < 1.29 is 14.4 Å². The molecule has 8 nitrogen and oxygen atoms in total. The maximum absolute atomic E-state index is 12.8. The van der Waals surface area contributed by atoms with Crippen LogP contribution in [-0.2, 0) is 0 Å². The Hall–Kier alpha value is -4.56. The lowest BCUT2D eigenvalue weighted by molar-refractivity contribution is 0.0936.